The van der Waals surface area contributed by atoms with Gasteiger partial charge in [-0.15, -0.1) is 0 Å². The van der Waals surface area contributed by atoms with Gasteiger partial charge in [-0.3, -0.25) is 4.98 Å². The predicted octanol–water partition coefficient (Wildman–Crippen LogP) is 1.36. The lowest BCUT2D eigenvalue weighted by atomic mass is 10.0. The summed E-state index contributed by atoms with van der Waals surface area (Å²) in [6.07, 6.45) is 6.77. The van der Waals surface area contributed by atoms with Crippen LogP contribution in [-0.2, 0) is 6.42 Å². The van der Waals surface area contributed by atoms with Crippen LogP contribution in [0.4, 0.5) is 4.79 Å². The Morgan fingerprint density at radius 2 is 2.00 bits per heavy atom. The molecule has 0 aromatic carbocycles. The van der Waals surface area contributed by atoms with E-state index in [1.54, 1.807) is 19.0 Å². The van der Waals surface area contributed by atoms with Gasteiger partial charge in [-0.1, -0.05) is 0 Å². The van der Waals surface area contributed by atoms with Gasteiger partial charge in [0.05, 0.1) is 0 Å². The Morgan fingerprint density at radius 3 is 2.60 bits per heavy atom. The van der Waals surface area contributed by atoms with Crippen LogP contribution in [0, 0.1) is 0 Å². The van der Waals surface area contributed by atoms with Gasteiger partial charge in [-0.05, 0) is 43.5 Å². The van der Waals surface area contributed by atoms with E-state index in [1.807, 2.05) is 17.3 Å². The van der Waals surface area contributed by atoms with Crippen molar-refractivity contribution in [3.05, 3.63) is 30.1 Å². The van der Waals surface area contributed by atoms with Crippen molar-refractivity contribution in [2.24, 2.45) is 0 Å². The predicted molar refractivity (Wildman–Crippen MR) is 79.6 cm³/mol. The summed E-state index contributed by atoms with van der Waals surface area (Å²) in [4.78, 5) is 19.4. The average Bonchev–Trinajstić information content (AvgIpc) is 2.48. The van der Waals surface area contributed by atoms with Crippen molar-refractivity contribution in [2.75, 3.05) is 33.7 Å². The maximum absolute atomic E-state index is 11.8. The molecule has 2 heterocycles. The number of urea groups is 1. The van der Waals surface area contributed by atoms with Crippen molar-refractivity contribution in [3.8, 4) is 0 Å². The third-order valence-electron chi connectivity index (χ3n) is 3.74. The molecule has 1 fully saturated rings. The molecule has 1 saturated heterocycles. The standard InChI is InChI=1S/C15H24N4O/c1-18(2)15(20)19-11-6-14(7-12-19)17-10-5-13-3-8-16-9-4-13/h3-4,8-9,14,17H,5-7,10-12H2,1-2H3. The molecule has 5 nitrogen and oxygen atoms in total. The molecule has 1 aliphatic rings. The lowest BCUT2D eigenvalue weighted by Crippen LogP contribution is -2.48. The van der Waals surface area contributed by atoms with Gasteiger partial charge in [0.1, 0.15) is 0 Å². The second kappa shape index (κ2) is 7.24. The molecule has 1 aliphatic heterocycles. The molecular formula is C15H24N4O. The summed E-state index contributed by atoms with van der Waals surface area (Å²) in [5.41, 5.74) is 1.31. The zero-order chi connectivity index (χ0) is 14.4. The molecule has 0 unspecified atom stereocenters. The van der Waals surface area contributed by atoms with Crippen LogP contribution in [0.5, 0.6) is 0 Å². The van der Waals surface area contributed by atoms with E-state index < -0.39 is 0 Å². The second-order valence-electron chi connectivity index (χ2n) is 5.50. The Hall–Kier alpha value is -1.62. The summed E-state index contributed by atoms with van der Waals surface area (Å²) < 4.78 is 0. The Bertz CT molecular complexity index is 413. The summed E-state index contributed by atoms with van der Waals surface area (Å²) in [5, 5.41) is 3.59. The first-order chi connectivity index (χ1) is 9.66. The highest BCUT2D eigenvalue weighted by Crippen LogP contribution is 2.11. The minimum atomic E-state index is 0.125. The number of amides is 2. The van der Waals surface area contributed by atoms with E-state index in [0.29, 0.717) is 6.04 Å². The highest BCUT2D eigenvalue weighted by atomic mass is 16.2. The zero-order valence-corrected chi connectivity index (χ0v) is 12.4. The van der Waals surface area contributed by atoms with Crippen molar-refractivity contribution in [2.45, 2.75) is 25.3 Å². The quantitative estimate of drug-likeness (QED) is 0.903. The molecule has 2 rings (SSSR count). The van der Waals surface area contributed by atoms with Crippen LogP contribution in [-0.4, -0.2) is 60.6 Å². The molecule has 0 atom stereocenters. The largest absolute Gasteiger partial charge is 0.331 e. The van der Waals surface area contributed by atoms with Gasteiger partial charge in [0.15, 0.2) is 0 Å². The average molecular weight is 276 g/mol. The lowest BCUT2D eigenvalue weighted by molar-refractivity contribution is 0.152. The van der Waals surface area contributed by atoms with Crippen LogP contribution in [0.1, 0.15) is 18.4 Å². The van der Waals surface area contributed by atoms with Crippen LogP contribution in [0.15, 0.2) is 24.5 Å². The van der Waals surface area contributed by atoms with E-state index in [4.69, 9.17) is 0 Å². The van der Waals surface area contributed by atoms with Gasteiger partial charge in [0, 0.05) is 45.6 Å². The van der Waals surface area contributed by atoms with Crippen LogP contribution < -0.4 is 5.32 Å². The number of pyridine rings is 1. The van der Waals surface area contributed by atoms with Crippen LogP contribution in [0.3, 0.4) is 0 Å². The van der Waals surface area contributed by atoms with E-state index >= 15 is 0 Å². The Kier molecular flexibility index (Phi) is 5.35. The summed E-state index contributed by atoms with van der Waals surface area (Å²) in [5.74, 6) is 0. The summed E-state index contributed by atoms with van der Waals surface area (Å²) in [7, 11) is 3.61. The van der Waals surface area contributed by atoms with Gasteiger partial charge in [-0.2, -0.15) is 0 Å². The normalized spacial score (nSPS) is 16.2. The molecule has 1 aromatic heterocycles. The second-order valence-corrected chi connectivity index (χ2v) is 5.50. The van der Waals surface area contributed by atoms with Crippen molar-refractivity contribution in [3.63, 3.8) is 0 Å². The number of rotatable bonds is 4. The first kappa shape index (κ1) is 14.8. The number of nitrogens with one attached hydrogen (secondary N) is 1. The number of hydrogen-bond acceptors (Lipinski definition) is 3. The van der Waals surface area contributed by atoms with Crippen molar-refractivity contribution in [1.29, 1.82) is 0 Å². The monoisotopic (exact) mass is 276 g/mol. The van der Waals surface area contributed by atoms with E-state index in [1.165, 1.54) is 5.56 Å². The number of carbonyl (C=O) groups is 1. The first-order valence-corrected chi connectivity index (χ1v) is 7.25. The number of hydrogen-bond donors (Lipinski definition) is 1. The topological polar surface area (TPSA) is 48.5 Å². The van der Waals surface area contributed by atoms with Gasteiger partial charge in [0.2, 0.25) is 0 Å². The van der Waals surface area contributed by atoms with Gasteiger partial charge < -0.3 is 15.1 Å². The molecule has 0 bridgehead atoms. The van der Waals surface area contributed by atoms with Crippen molar-refractivity contribution < 1.29 is 4.79 Å². The minimum absolute atomic E-state index is 0.125. The van der Waals surface area contributed by atoms with Gasteiger partial charge >= 0.3 is 6.03 Å². The number of piperidine rings is 1. The molecule has 0 radical (unpaired) electrons. The van der Waals surface area contributed by atoms with Gasteiger partial charge in [0.25, 0.3) is 0 Å². The van der Waals surface area contributed by atoms with E-state index in [9.17, 15) is 4.79 Å². The van der Waals surface area contributed by atoms with Crippen LogP contribution in [0.25, 0.3) is 0 Å². The summed E-state index contributed by atoms with van der Waals surface area (Å²) in [6.45, 7) is 2.68. The third kappa shape index (κ3) is 4.20. The first-order valence-electron chi connectivity index (χ1n) is 7.25. The third-order valence-corrected chi connectivity index (χ3v) is 3.74. The zero-order valence-electron chi connectivity index (χ0n) is 12.4. The maximum atomic E-state index is 11.8. The number of likely N-dealkylation sites (tertiary alicyclic amines) is 1. The molecule has 1 aromatic rings. The van der Waals surface area contributed by atoms with E-state index in [0.717, 1.165) is 38.9 Å². The van der Waals surface area contributed by atoms with E-state index in [2.05, 4.69) is 22.4 Å². The SMILES string of the molecule is CN(C)C(=O)N1CCC(NCCc2ccncc2)CC1. The fraction of sp³-hybridized carbons (Fsp3) is 0.600. The minimum Gasteiger partial charge on any atom is -0.331 e. The molecule has 1 N–H and O–H groups in total. The van der Waals surface area contributed by atoms with Crippen LogP contribution in [0.2, 0.25) is 0 Å². The molecule has 2 amide bonds. The fourth-order valence-corrected chi connectivity index (χ4v) is 2.53. The van der Waals surface area contributed by atoms with Crippen molar-refractivity contribution >= 4 is 6.03 Å². The van der Waals surface area contributed by atoms with Crippen molar-refractivity contribution in [1.82, 2.24) is 20.1 Å². The number of carbonyl (C=O) groups excluding carboxylic acids is 1. The molecule has 20 heavy (non-hydrogen) atoms. The number of nitrogens with zero attached hydrogens (tertiary/aromatic N) is 3. The van der Waals surface area contributed by atoms with E-state index in [-0.39, 0.29) is 6.03 Å². The van der Waals surface area contributed by atoms with Crippen LogP contribution >= 0.6 is 0 Å². The maximum Gasteiger partial charge on any atom is 0.319 e. The molecular weight excluding hydrogens is 252 g/mol. The molecule has 0 spiro atoms. The summed E-state index contributed by atoms with van der Waals surface area (Å²) >= 11 is 0. The molecule has 110 valence electrons. The lowest BCUT2D eigenvalue weighted by Gasteiger charge is -2.34. The molecule has 0 saturated carbocycles. The molecule has 0 aliphatic carbocycles. The highest BCUT2D eigenvalue weighted by Gasteiger charge is 2.23. The Balaban J connectivity index is 1.66. The Labute approximate surface area is 121 Å². The highest BCUT2D eigenvalue weighted by molar-refractivity contribution is 5.73. The summed E-state index contributed by atoms with van der Waals surface area (Å²) in [6, 6.07) is 4.77. The Morgan fingerprint density at radius 1 is 1.35 bits per heavy atom. The van der Waals surface area contributed by atoms with Gasteiger partial charge in [-0.25, -0.2) is 4.79 Å². The fourth-order valence-electron chi connectivity index (χ4n) is 2.53. The number of aromatic nitrogens is 1. The smallest absolute Gasteiger partial charge is 0.319 e. The molecule has 5 heteroatoms.